The lowest BCUT2D eigenvalue weighted by Gasteiger charge is -2.32. The van der Waals surface area contributed by atoms with Gasteiger partial charge in [0, 0.05) is 13.1 Å². The van der Waals surface area contributed by atoms with Crippen molar-refractivity contribution >= 4 is 11.8 Å². The molecule has 1 heterocycles. The van der Waals surface area contributed by atoms with Crippen molar-refractivity contribution in [1.82, 2.24) is 15.5 Å². The van der Waals surface area contributed by atoms with E-state index in [9.17, 15) is 14.9 Å². The van der Waals surface area contributed by atoms with Crippen molar-refractivity contribution in [3.8, 4) is 6.07 Å². The van der Waals surface area contributed by atoms with Gasteiger partial charge in [-0.25, -0.2) is 0 Å². The van der Waals surface area contributed by atoms with Crippen molar-refractivity contribution in [3.63, 3.8) is 0 Å². The Kier molecular flexibility index (Phi) is 5.09. The minimum atomic E-state index is -0.742. The maximum absolute atomic E-state index is 12.3. The predicted octanol–water partition coefficient (Wildman–Crippen LogP) is 1.03. The molecule has 0 radical (unpaired) electrons. The van der Waals surface area contributed by atoms with Crippen LogP contribution in [0.1, 0.15) is 45.4 Å². The summed E-state index contributed by atoms with van der Waals surface area (Å²) < 4.78 is 0. The third-order valence-corrected chi connectivity index (χ3v) is 5.53. The van der Waals surface area contributed by atoms with E-state index < -0.39 is 5.54 Å². The standard InChI is InChI=1S/C18H28N4O2/c1-18(12-19,15-6-7-15)21-16(23)11-22-8-2-3-14(10-22)17(24)20-9-13-4-5-13/h13-15H,2-11H2,1H3,(H,20,24)(H,21,23)/t14-,18-/m1/s1. The highest BCUT2D eigenvalue weighted by Gasteiger charge is 2.43. The van der Waals surface area contributed by atoms with E-state index in [0.717, 1.165) is 38.8 Å². The average Bonchev–Trinajstić information content (AvgIpc) is 3.45. The second kappa shape index (κ2) is 7.10. The Bertz CT molecular complexity index is 536. The van der Waals surface area contributed by atoms with E-state index in [4.69, 9.17) is 0 Å². The number of rotatable bonds is 7. The van der Waals surface area contributed by atoms with Crippen molar-refractivity contribution in [2.75, 3.05) is 26.2 Å². The van der Waals surface area contributed by atoms with Gasteiger partial charge in [-0.2, -0.15) is 5.26 Å². The maximum atomic E-state index is 12.3. The van der Waals surface area contributed by atoms with Gasteiger partial charge in [0.15, 0.2) is 0 Å². The Balaban J connectivity index is 1.44. The van der Waals surface area contributed by atoms with E-state index in [0.29, 0.717) is 12.5 Å². The monoisotopic (exact) mass is 332 g/mol. The van der Waals surface area contributed by atoms with E-state index in [1.807, 2.05) is 11.8 Å². The molecule has 0 unspecified atom stereocenters. The molecule has 2 atom stereocenters. The molecule has 0 aromatic rings. The van der Waals surface area contributed by atoms with E-state index >= 15 is 0 Å². The van der Waals surface area contributed by atoms with Crippen LogP contribution in [0.15, 0.2) is 0 Å². The fraction of sp³-hybridized carbons (Fsp3) is 0.833. The highest BCUT2D eigenvalue weighted by molar-refractivity contribution is 5.80. The molecule has 0 aromatic heterocycles. The quantitative estimate of drug-likeness (QED) is 0.729. The molecule has 0 aromatic carbocycles. The fourth-order valence-corrected chi connectivity index (χ4v) is 3.54. The molecule has 2 aliphatic carbocycles. The fourth-order valence-electron chi connectivity index (χ4n) is 3.54. The van der Waals surface area contributed by atoms with Gasteiger partial charge in [0.25, 0.3) is 0 Å². The van der Waals surface area contributed by atoms with E-state index in [1.54, 1.807) is 0 Å². The second-order valence-electron chi connectivity index (χ2n) is 7.90. The van der Waals surface area contributed by atoms with Crippen LogP contribution in [0.25, 0.3) is 0 Å². The summed E-state index contributed by atoms with van der Waals surface area (Å²) in [4.78, 5) is 26.6. The van der Waals surface area contributed by atoms with Crippen molar-refractivity contribution < 1.29 is 9.59 Å². The van der Waals surface area contributed by atoms with Crippen LogP contribution < -0.4 is 10.6 Å². The largest absolute Gasteiger partial charge is 0.356 e. The summed E-state index contributed by atoms with van der Waals surface area (Å²) in [6.45, 7) is 4.37. The van der Waals surface area contributed by atoms with Gasteiger partial charge < -0.3 is 10.6 Å². The Morgan fingerprint density at radius 1 is 1.25 bits per heavy atom. The minimum Gasteiger partial charge on any atom is -0.356 e. The zero-order chi connectivity index (χ0) is 17.2. The van der Waals surface area contributed by atoms with Crippen molar-refractivity contribution in [1.29, 1.82) is 5.26 Å². The van der Waals surface area contributed by atoms with Crippen LogP contribution in [0.5, 0.6) is 0 Å². The average molecular weight is 332 g/mol. The Hall–Kier alpha value is -1.61. The van der Waals surface area contributed by atoms with Gasteiger partial charge in [0.1, 0.15) is 5.54 Å². The first-order valence-electron chi connectivity index (χ1n) is 9.22. The highest BCUT2D eigenvalue weighted by atomic mass is 16.2. The second-order valence-corrected chi connectivity index (χ2v) is 7.90. The number of carbonyl (C=O) groups excluding carboxylic acids is 2. The zero-order valence-corrected chi connectivity index (χ0v) is 14.5. The molecule has 1 saturated heterocycles. The number of nitriles is 1. The summed E-state index contributed by atoms with van der Waals surface area (Å²) >= 11 is 0. The normalized spacial score (nSPS) is 26.9. The van der Waals surface area contributed by atoms with Gasteiger partial charge in [0.2, 0.25) is 11.8 Å². The lowest BCUT2D eigenvalue weighted by atomic mass is 9.96. The van der Waals surface area contributed by atoms with E-state index in [-0.39, 0.29) is 30.2 Å². The van der Waals surface area contributed by atoms with Gasteiger partial charge in [-0.15, -0.1) is 0 Å². The topological polar surface area (TPSA) is 85.2 Å². The van der Waals surface area contributed by atoms with E-state index in [1.165, 1.54) is 12.8 Å². The molecular weight excluding hydrogens is 304 g/mol. The summed E-state index contributed by atoms with van der Waals surface area (Å²) in [6.07, 6.45) is 6.32. The van der Waals surface area contributed by atoms with Gasteiger partial charge in [-0.1, -0.05) is 0 Å². The number of likely N-dealkylation sites (tertiary alicyclic amines) is 1. The first-order chi connectivity index (χ1) is 11.5. The summed E-state index contributed by atoms with van der Waals surface area (Å²) in [5, 5.41) is 15.3. The molecule has 0 spiro atoms. The first kappa shape index (κ1) is 17.2. The van der Waals surface area contributed by atoms with Crippen molar-refractivity contribution in [3.05, 3.63) is 0 Å². The lowest BCUT2D eigenvalue weighted by Crippen LogP contribution is -2.52. The van der Waals surface area contributed by atoms with Gasteiger partial charge in [0.05, 0.1) is 18.5 Å². The number of hydrogen-bond donors (Lipinski definition) is 2. The van der Waals surface area contributed by atoms with Gasteiger partial charge >= 0.3 is 0 Å². The Morgan fingerprint density at radius 3 is 2.62 bits per heavy atom. The predicted molar refractivity (Wildman–Crippen MR) is 89.8 cm³/mol. The third-order valence-electron chi connectivity index (χ3n) is 5.53. The number of nitrogens with one attached hydrogen (secondary N) is 2. The van der Waals surface area contributed by atoms with Gasteiger partial charge in [-0.3, -0.25) is 14.5 Å². The van der Waals surface area contributed by atoms with Crippen LogP contribution in [0, 0.1) is 29.1 Å². The molecule has 2 amide bonds. The van der Waals surface area contributed by atoms with Crippen LogP contribution >= 0.6 is 0 Å². The minimum absolute atomic E-state index is 0.0175. The van der Waals surface area contributed by atoms with Crippen LogP contribution in [-0.2, 0) is 9.59 Å². The Labute approximate surface area is 144 Å². The van der Waals surface area contributed by atoms with Crippen LogP contribution in [0.2, 0.25) is 0 Å². The number of hydrogen-bond acceptors (Lipinski definition) is 4. The molecule has 1 aliphatic heterocycles. The molecule has 6 nitrogen and oxygen atoms in total. The van der Waals surface area contributed by atoms with Crippen LogP contribution in [0.3, 0.4) is 0 Å². The summed E-state index contributed by atoms with van der Waals surface area (Å²) in [7, 11) is 0. The summed E-state index contributed by atoms with van der Waals surface area (Å²) in [5.74, 6) is 0.979. The van der Waals surface area contributed by atoms with Crippen LogP contribution in [0.4, 0.5) is 0 Å². The molecule has 132 valence electrons. The molecule has 2 N–H and O–H groups in total. The zero-order valence-electron chi connectivity index (χ0n) is 14.5. The van der Waals surface area contributed by atoms with Crippen molar-refractivity contribution in [2.24, 2.45) is 17.8 Å². The number of carbonyl (C=O) groups is 2. The molecule has 3 fully saturated rings. The molecule has 3 aliphatic rings. The molecule has 6 heteroatoms. The number of piperidine rings is 1. The highest BCUT2D eigenvalue weighted by Crippen LogP contribution is 2.39. The summed E-state index contributed by atoms with van der Waals surface area (Å²) in [6, 6.07) is 2.25. The molecule has 3 rings (SSSR count). The van der Waals surface area contributed by atoms with E-state index in [2.05, 4.69) is 16.7 Å². The molecule has 0 bridgehead atoms. The first-order valence-corrected chi connectivity index (χ1v) is 9.22. The third kappa shape index (κ3) is 4.47. The number of nitrogens with zero attached hydrogens (tertiary/aromatic N) is 2. The SMILES string of the molecule is C[C@](C#N)(NC(=O)CN1CCC[C@@H](C(=O)NCC2CC2)C1)C1CC1. The smallest absolute Gasteiger partial charge is 0.235 e. The molecule has 2 saturated carbocycles. The lowest BCUT2D eigenvalue weighted by molar-refractivity contribution is -0.129. The Morgan fingerprint density at radius 2 is 2.00 bits per heavy atom. The maximum Gasteiger partial charge on any atom is 0.235 e. The summed E-state index contributed by atoms with van der Waals surface area (Å²) in [5.41, 5.74) is -0.742. The molecule has 24 heavy (non-hydrogen) atoms. The van der Waals surface area contributed by atoms with Gasteiger partial charge in [-0.05, 0) is 63.8 Å². The van der Waals surface area contributed by atoms with Crippen LogP contribution in [-0.4, -0.2) is 48.4 Å². The number of amides is 2. The molecular formula is C18H28N4O2. The van der Waals surface area contributed by atoms with Crippen molar-refractivity contribution in [2.45, 2.75) is 51.0 Å².